The highest BCUT2D eigenvalue weighted by atomic mass is 35.5. The number of carbonyl (C=O) groups is 2. The first-order chi connectivity index (χ1) is 13.0. The molecule has 6 heteroatoms. The number of rotatable bonds is 5. The number of carbonyl (C=O) groups excluding carboxylic acids is 2. The molecule has 0 bridgehead atoms. The third-order valence-corrected chi connectivity index (χ3v) is 5.06. The quantitative estimate of drug-likeness (QED) is 0.766. The normalized spacial score (nSPS) is 16.4. The summed E-state index contributed by atoms with van der Waals surface area (Å²) in [6.45, 7) is 5.69. The SMILES string of the molecule is Cc1ccc(C)c(C(=O)CCC(=O)N2CCNCC2c2cccc(F)c2)c1.Cl. The highest BCUT2D eigenvalue weighted by Crippen LogP contribution is 2.24. The van der Waals surface area contributed by atoms with E-state index in [0.29, 0.717) is 25.2 Å². The lowest BCUT2D eigenvalue weighted by atomic mass is 9.98. The molecule has 3 rings (SSSR count). The first-order valence-corrected chi connectivity index (χ1v) is 9.32. The summed E-state index contributed by atoms with van der Waals surface area (Å²) < 4.78 is 13.6. The Hall–Kier alpha value is -2.24. The number of ketones is 1. The van der Waals surface area contributed by atoms with E-state index in [2.05, 4.69) is 5.32 Å². The molecule has 1 aliphatic rings. The number of benzene rings is 2. The number of nitrogens with zero attached hydrogens (tertiary/aromatic N) is 1. The van der Waals surface area contributed by atoms with Crippen LogP contribution in [0.25, 0.3) is 0 Å². The lowest BCUT2D eigenvalue weighted by Crippen LogP contribution is -2.48. The van der Waals surface area contributed by atoms with E-state index in [4.69, 9.17) is 0 Å². The highest BCUT2D eigenvalue weighted by molar-refractivity contribution is 5.99. The van der Waals surface area contributed by atoms with Crippen molar-refractivity contribution >= 4 is 24.1 Å². The molecule has 2 aromatic carbocycles. The van der Waals surface area contributed by atoms with Crippen molar-refractivity contribution in [1.82, 2.24) is 10.2 Å². The predicted molar refractivity (Wildman–Crippen MR) is 110 cm³/mol. The Labute approximate surface area is 171 Å². The van der Waals surface area contributed by atoms with Crippen LogP contribution in [0.2, 0.25) is 0 Å². The van der Waals surface area contributed by atoms with Gasteiger partial charge in [-0.3, -0.25) is 9.59 Å². The fraction of sp³-hybridized carbons (Fsp3) is 0.364. The van der Waals surface area contributed by atoms with Crippen molar-refractivity contribution < 1.29 is 14.0 Å². The van der Waals surface area contributed by atoms with Gasteiger partial charge in [0, 0.05) is 38.0 Å². The molecular weight excluding hydrogens is 379 g/mol. The predicted octanol–water partition coefficient (Wildman–Crippen LogP) is 4.00. The molecule has 1 saturated heterocycles. The summed E-state index contributed by atoms with van der Waals surface area (Å²) >= 11 is 0. The minimum atomic E-state index is -0.310. The molecule has 4 nitrogen and oxygen atoms in total. The number of halogens is 2. The topological polar surface area (TPSA) is 49.4 Å². The van der Waals surface area contributed by atoms with E-state index < -0.39 is 0 Å². The average Bonchev–Trinajstić information content (AvgIpc) is 2.67. The van der Waals surface area contributed by atoms with Crippen molar-refractivity contribution in [3.05, 3.63) is 70.5 Å². The molecule has 1 unspecified atom stereocenters. The van der Waals surface area contributed by atoms with Crippen LogP contribution in [0.15, 0.2) is 42.5 Å². The highest BCUT2D eigenvalue weighted by Gasteiger charge is 2.28. The van der Waals surface area contributed by atoms with Gasteiger partial charge in [0.05, 0.1) is 6.04 Å². The molecule has 0 saturated carbocycles. The van der Waals surface area contributed by atoms with Crippen LogP contribution in [0.5, 0.6) is 0 Å². The molecule has 1 atom stereocenters. The summed E-state index contributed by atoms with van der Waals surface area (Å²) in [5, 5.41) is 3.26. The molecule has 28 heavy (non-hydrogen) atoms. The summed E-state index contributed by atoms with van der Waals surface area (Å²) in [6.07, 6.45) is 0.348. The van der Waals surface area contributed by atoms with Gasteiger partial charge in [-0.25, -0.2) is 4.39 Å². The Bertz CT molecular complexity index is 856. The van der Waals surface area contributed by atoms with Gasteiger partial charge in [-0.1, -0.05) is 29.8 Å². The van der Waals surface area contributed by atoms with Crippen molar-refractivity contribution in [2.75, 3.05) is 19.6 Å². The van der Waals surface area contributed by atoms with Crippen LogP contribution < -0.4 is 5.32 Å². The Morgan fingerprint density at radius 2 is 1.93 bits per heavy atom. The summed E-state index contributed by atoms with van der Waals surface area (Å²) in [7, 11) is 0. The van der Waals surface area contributed by atoms with Crippen molar-refractivity contribution in [3.63, 3.8) is 0 Å². The molecule has 2 aromatic rings. The molecular formula is C22H26ClFN2O2. The van der Waals surface area contributed by atoms with Crippen LogP contribution in [0.1, 0.15) is 45.9 Å². The van der Waals surface area contributed by atoms with Gasteiger partial charge in [0.25, 0.3) is 0 Å². The zero-order valence-electron chi connectivity index (χ0n) is 16.2. The number of piperazine rings is 1. The molecule has 1 N–H and O–H groups in total. The van der Waals surface area contributed by atoms with E-state index in [9.17, 15) is 14.0 Å². The summed E-state index contributed by atoms with van der Waals surface area (Å²) in [5.41, 5.74) is 3.42. The lowest BCUT2D eigenvalue weighted by molar-refractivity contribution is -0.134. The molecule has 1 heterocycles. The number of hydrogen-bond donors (Lipinski definition) is 1. The van der Waals surface area contributed by atoms with Crippen molar-refractivity contribution in [2.24, 2.45) is 0 Å². The van der Waals surface area contributed by atoms with Crippen LogP contribution in [-0.2, 0) is 4.79 Å². The Kier molecular flexibility index (Phi) is 7.72. The first-order valence-electron chi connectivity index (χ1n) is 9.32. The van der Waals surface area contributed by atoms with Crippen LogP contribution in [-0.4, -0.2) is 36.2 Å². The van der Waals surface area contributed by atoms with E-state index in [1.165, 1.54) is 12.1 Å². The lowest BCUT2D eigenvalue weighted by Gasteiger charge is -2.36. The van der Waals surface area contributed by atoms with Gasteiger partial charge in [-0.2, -0.15) is 0 Å². The van der Waals surface area contributed by atoms with Gasteiger partial charge >= 0.3 is 0 Å². The van der Waals surface area contributed by atoms with Crippen LogP contribution in [0.3, 0.4) is 0 Å². The fourth-order valence-electron chi connectivity index (χ4n) is 3.55. The van der Waals surface area contributed by atoms with Crippen LogP contribution in [0.4, 0.5) is 4.39 Å². The second-order valence-electron chi connectivity index (χ2n) is 7.10. The maximum absolute atomic E-state index is 13.6. The molecule has 0 aliphatic carbocycles. The van der Waals surface area contributed by atoms with Gasteiger partial charge in [-0.15, -0.1) is 12.4 Å². The van der Waals surface area contributed by atoms with E-state index in [0.717, 1.165) is 16.7 Å². The second-order valence-corrected chi connectivity index (χ2v) is 7.10. The van der Waals surface area contributed by atoms with E-state index in [1.807, 2.05) is 38.1 Å². The standard InChI is InChI=1S/C22H25FN2O2.ClH/c1-15-6-7-16(2)19(12-15)21(26)8-9-22(27)25-11-10-24-14-20(25)17-4-3-5-18(23)13-17;/h3-7,12-13,20,24H,8-11,14H2,1-2H3;1H. The van der Waals surface area contributed by atoms with Crippen LogP contribution in [0, 0.1) is 19.7 Å². The zero-order valence-corrected chi connectivity index (χ0v) is 17.0. The molecule has 150 valence electrons. The monoisotopic (exact) mass is 404 g/mol. The maximum atomic E-state index is 13.6. The van der Waals surface area contributed by atoms with Crippen molar-refractivity contribution in [1.29, 1.82) is 0 Å². The minimum absolute atomic E-state index is 0. The number of Topliss-reactive ketones (excluding diaryl/α,β-unsaturated/α-hetero) is 1. The molecule has 0 radical (unpaired) electrons. The Balaban J connectivity index is 0.00000280. The third-order valence-electron chi connectivity index (χ3n) is 5.06. The van der Waals surface area contributed by atoms with Crippen LogP contribution >= 0.6 is 12.4 Å². The molecule has 0 spiro atoms. The van der Waals surface area contributed by atoms with E-state index in [-0.39, 0.29) is 48.8 Å². The van der Waals surface area contributed by atoms with Gasteiger partial charge in [-0.05, 0) is 43.2 Å². The van der Waals surface area contributed by atoms with Gasteiger partial charge in [0.1, 0.15) is 5.82 Å². The largest absolute Gasteiger partial charge is 0.333 e. The minimum Gasteiger partial charge on any atom is -0.333 e. The van der Waals surface area contributed by atoms with Gasteiger partial charge in [0.15, 0.2) is 5.78 Å². The number of nitrogens with one attached hydrogen (secondary N) is 1. The van der Waals surface area contributed by atoms with E-state index in [1.54, 1.807) is 11.0 Å². The van der Waals surface area contributed by atoms with E-state index >= 15 is 0 Å². The smallest absolute Gasteiger partial charge is 0.223 e. The zero-order chi connectivity index (χ0) is 19.4. The van der Waals surface area contributed by atoms with Crippen molar-refractivity contribution in [2.45, 2.75) is 32.7 Å². The number of hydrogen-bond acceptors (Lipinski definition) is 3. The molecule has 0 aromatic heterocycles. The molecule has 1 amide bonds. The second kappa shape index (κ2) is 9.80. The third kappa shape index (κ3) is 5.18. The fourth-order valence-corrected chi connectivity index (χ4v) is 3.55. The average molecular weight is 405 g/mol. The maximum Gasteiger partial charge on any atom is 0.223 e. The van der Waals surface area contributed by atoms with Gasteiger partial charge < -0.3 is 10.2 Å². The van der Waals surface area contributed by atoms with Gasteiger partial charge in [0.2, 0.25) is 5.91 Å². The Morgan fingerprint density at radius 3 is 2.68 bits per heavy atom. The molecule has 1 fully saturated rings. The molecule has 1 aliphatic heterocycles. The first kappa shape index (κ1) is 22.1. The van der Waals surface area contributed by atoms with Crippen molar-refractivity contribution in [3.8, 4) is 0 Å². The number of aryl methyl sites for hydroxylation is 2. The Morgan fingerprint density at radius 1 is 1.14 bits per heavy atom. The number of amides is 1. The summed E-state index contributed by atoms with van der Waals surface area (Å²) in [6, 6.07) is 11.9. The summed E-state index contributed by atoms with van der Waals surface area (Å²) in [5.74, 6) is -0.387. The summed E-state index contributed by atoms with van der Waals surface area (Å²) in [4.78, 5) is 27.1.